The van der Waals surface area contributed by atoms with Crippen LogP contribution in [0.4, 0.5) is 5.82 Å². The molecule has 1 aliphatic heterocycles. The summed E-state index contributed by atoms with van der Waals surface area (Å²) in [5.74, 6) is 0.770. The molecular formula is C15H23N3O2. The van der Waals surface area contributed by atoms with Crippen molar-refractivity contribution in [2.45, 2.75) is 32.8 Å². The second-order valence-electron chi connectivity index (χ2n) is 5.23. The topological polar surface area (TPSA) is 54.5 Å². The number of nitrogens with zero attached hydrogens (tertiary/aromatic N) is 2. The van der Waals surface area contributed by atoms with Crippen LogP contribution in [0.25, 0.3) is 0 Å². The Kier molecular flexibility index (Phi) is 4.95. The quantitative estimate of drug-likeness (QED) is 0.895. The lowest BCUT2D eigenvalue weighted by Crippen LogP contribution is -2.34. The summed E-state index contributed by atoms with van der Waals surface area (Å²) in [6.45, 7) is 6.16. The summed E-state index contributed by atoms with van der Waals surface area (Å²) in [5, 5.41) is 3.15. The van der Waals surface area contributed by atoms with Crippen molar-refractivity contribution in [3.8, 4) is 0 Å². The highest BCUT2D eigenvalue weighted by molar-refractivity contribution is 5.94. The normalized spacial score (nSPS) is 18.1. The molecule has 5 nitrogen and oxygen atoms in total. The molecule has 1 amide bonds. The molecule has 0 radical (unpaired) electrons. The van der Waals surface area contributed by atoms with Crippen LogP contribution in [-0.4, -0.2) is 48.6 Å². The number of aryl methyl sites for hydroxylation is 1. The summed E-state index contributed by atoms with van der Waals surface area (Å²) < 4.78 is 5.58. The van der Waals surface area contributed by atoms with Crippen LogP contribution in [0.1, 0.15) is 35.8 Å². The van der Waals surface area contributed by atoms with Gasteiger partial charge in [-0.1, -0.05) is 0 Å². The van der Waals surface area contributed by atoms with Gasteiger partial charge in [-0.25, -0.2) is 4.98 Å². The Morgan fingerprint density at radius 3 is 3.00 bits per heavy atom. The van der Waals surface area contributed by atoms with Gasteiger partial charge in [-0.3, -0.25) is 4.79 Å². The number of carbonyl (C=O) groups is 1. The maximum atomic E-state index is 12.5. The smallest absolute Gasteiger partial charge is 0.253 e. The van der Waals surface area contributed by atoms with Crippen LogP contribution in [0.15, 0.2) is 12.1 Å². The molecule has 5 heteroatoms. The highest BCUT2D eigenvalue weighted by atomic mass is 16.5. The van der Waals surface area contributed by atoms with E-state index in [0.717, 1.165) is 37.5 Å². The monoisotopic (exact) mass is 277 g/mol. The lowest BCUT2D eigenvalue weighted by Gasteiger charge is -2.21. The fourth-order valence-electron chi connectivity index (χ4n) is 2.46. The molecule has 1 fully saturated rings. The summed E-state index contributed by atoms with van der Waals surface area (Å²) in [7, 11) is 1.83. The van der Waals surface area contributed by atoms with Crippen molar-refractivity contribution < 1.29 is 9.53 Å². The first-order valence-corrected chi connectivity index (χ1v) is 7.19. The van der Waals surface area contributed by atoms with E-state index in [0.29, 0.717) is 12.1 Å². The van der Waals surface area contributed by atoms with E-state index in [1.54, 1.807) is 4.90 Å². The zero-order chi connectivity index (χ0) is 14.5. The van der Waals surface area contributed by atoms with Crippen molar-refractivity contribution in [3.05, 3.63) is 23.4 Å². The highest BCUT2D eigenvalue weighted by Crippen LogP contribution is 2.16. The molecule has 1 saturated heterocycles. The number of rotatable bonds is 5. The van der Waals surface area contributed by atoms with Crippen LogP contribution >= 0.6 is 0 Å². The molecule has 2 heterocycles. The summed E-state index contributed by atoms with van der Waals surface area (Å²) in [4.78, 5) is 18.6. The molecule has 1 aromatic heterocycles. The number of hydrogen-bond acceptors (Lipinski definition) is 4. The van der Waals surface area contributed by atoms with Gasteiger partial charge in [0.25, 0.3) is 5.91 Å². The fraction of sp³-hybridized carbons (Fsp3) is 0.600. The van der Waals surface area contributed by atoms with Crippen molar-refractivity contribution >= 4 is 11.7 Å². The lowest BCUT2D eigenvalue weighted by molar-refractivity contribution is 0.0587. The summed E-state index contributed by atoms with van der Waals surface area (Å²) >= 11 is 0. The van der Waals surface area contributed by atoms with Gasteiger partial charge in [0.2, 0.25) is 0 Å². The van der Waals surface area contributed by atoms with Crippen LogP contribution in [0.5, 0.6) is 0 Å². The second-order valence-corrected chi connectivity index (χ2v) is 5.23. The molecule has 0 saturated carbocycles. The summed E-state index contributed by atoms with van der Waals surface area (Å²) in [6, 6.07) is 3.64. The standard InChI is InChI=1S/C15H23N3O2/c1-4-16-14-9-12(8-11(2)17-14)15(19)18(3)10-13-6-5-7-20-13/h8-9,13H,4-7,10H2,1-3H3,(H,16,17). The van der Waals surface area contributed by atoms with Crippen LogP contribution in [-0.2, 0) is 4.74 Å². The van der Waals surface area contributed by atoms with E-state index in [9.17, 15) is 4.79 Å². The van der Waals surface area contributed by atoms with Gasteiger partial charge in [-0.15, -0.1) is 0 Å². The molecule has 1 N–H and O–H groups in total. The fourth-order valence-corrected chi connectivity index (χ4v) is 2.46. The molecule has 1 atom stereocenters. The Labute approximate surface area is 120 Å². The molecule has 0 aliphatic carbocycles. The Bertz CT molecular complexity index is 470. The van der Waals surface area contributed by atoms with Gasteiger partial charge in [-0.05, 0) is 38.8 Å². The summed E-state index contributed by atoms with van der Waals surface area (Å²) in [5.41, 5.74) is 1.52. The van der Waals surface area contributed by atoms with Crippen molar-refractivity contribution in [2.24, 2.45) is 0 Å². The van der Waals surface area contributed by atoms with E-state index in [-0.39, 0.29) is 12.0 Å². The van der Waals surface area contributed by atoms with Crippen molar-refractivity contribution in [3.63, 3.8) is 0 Å². The molecule has 20 heavy (non-hydrogen) atoms. The summed E-state index contributed by atoms with van der Waals surface area (Å²) in [6.07, 6.45) is 2.31. The number of anilines is 1. The highest BCUT2D eigenvalue weighted by Gasteiger charge is 2.21. The third kappa shape index (κ3) is 3.70. The molecule has 0 bridgehead atoms. The van der Waals surface area contributed by atoms with Gasteiger partial charge in [0.05, 0.1) is 6.10 Å². The van der Waals surface area contributed by atoms with E-state index < -0.39 is 0 Å². The first kappa shape index (κ1) is 14.8. The number of amides is 1. The number of pyridine rings is 1. The molecule has 0 aromatic carbocycles. The zero-order valence-corrected chi connectivity index (χ0v) is 12.5. The number of nitrogens with one attached hydrogen (secondary N) is 1. The van der Waals surface area contributed by atoms with Crippen LogP contribution in [0.3, 0.4) is 0 Å². The predicted octanol–water partition coefficient (Wildman–Crippen LogP) is 2.07. The van der Waals surface area contributed by atoms with E-state index in [1.165, 1.54) is 0 Å². The van der Waals surface area contributed by atoms with Crippen molar-refractivity contribution in [1.29, 1.82) is 0 Å². The van der Waals surface area contributed by atoms with E-state index >= 15 is 0 Å². The van der Waals surface area contributed by atoms with Gasteiger partial charge < -0.3 is 15.0 Å². The van der Waals surface area contributed by atoms with E-state index in [1.807, 2.05) is 33.0 Å². The Morgan fingerprint density at radius 2 is 2.35 bits per heavy atom. The minimum atomic E-state index is 0.0187. The maximum absolute atomic E-state index is 12.5. The SMILES string of the molecule is CCNc1cc(C(=O)N(C)CC2CCCO2)cc(C)n1. The third-order valence-electron chi connectivity index (χ3n) is 3.41. The minimum Gasteiger partial charge on any atom is -0.376 e. The molecule has 1 aliphatic rings. The van der Waals surface area contributed by atoms with Crippen LogP contribution in [0.2, 0.25) is 0 Å². The van der Waals surface area contributed by atoms with Crippen molar-refractivity contribution in [2.75, 3.05) is 32.1 Å². The second kappa shape index (κ2) is 6.70. The van der Waals surface area contributed by atoms with E-state index in [4.69, 9.17) is 4.74 Å². The Balaban J connectivity index is 2.06. The number of likely N-dealkylation sites (N-methyl/N-ethyl adjacent to an activating group) is 1. The predicted molar refractivity (Wildman–Crippen MR) is 79.1 cm³/mol. The number of hydrogen-bond donors (Lipinski definition) is 1. The average molecular weight is 277 g/mol. The van der Waals surface area contributed by atoms with Crippen LogP contribution in [0, 0.1) is 6.92 Å². The third-order valence-corrected chi connectivity index (χ3v) is 3.41. The molecular weight excluding hydrogens is 254 g/mol. The number of aromatic nitrogens is 1. The Hall–Kier alpha value is -1.62. The zero-order valence-electron chi connectivity index (χ0n) is 12.5. The molecule has 1 unspecified atom stereocenters. The van der Waals surface area contributed by atoms with Gasteiger partial charge in [0.15, 0.2) is 0 Å². The van der Waals surface area contributed by atoms with Gasteiger partial charge in [0, 0.05) is 38.0 Å². The number of ether oxygens (including phenoxy) is 1. The van der Waals surface area contributed by atoms with Gasteiger partial charge in [0.1, 0.15) is 5.82 Å². The van der Waals surface area contributed by atoms with E-state index in [2.05, 4.69) is 10.3 Å². The first-order chi connectivity index (χ1) is 9.60. The van der Waals surface area contributed by atoms with Gasteiger partial charge >= 0.3 is 0 Å². The molecule has 110 valence electrons. The maximum Gasteiger partial charge on any atom is 0.253 e. The lowest BCUT2D eigenvalue weighted by atomic mass is 10.1. The van der Waals surface area contributed by atoms with Crippen molar-refractivity contribution in [1.82, 2.24) is 9.88 Å². The molecule has 2 rings (SSSR count). The van der Waals surface area contributed by atoms with Gasteiger partial charge in [-0.2, -0.15) is 0 Å². The average Bonchev–Trinajstić information content (AvgIpc) is 2.90. The largest absolute Gasteiger partial charge is 0.376 e. The number of carbonyl (C=O) groups excluding carboxylic acids is 1. The minimum absolute atomic E-state index is 0.0187. The molecule has 0 spiro atoms. The molecule has 1 aromatic rings. The Morgan fingerprint density at radius 1 is 1.55 bits per heavy atom. The van der Waals surface area contributed by atoms with Crippen LogP contribution < -0.4 is 5.32 Å². The first-order valence-electron chi connectivity index (χ1n) is 7.19.